The van der Waals surface area contributed by atoms with Gasteiger partial charge in [-0.1, -0.05) is 17.7 Å². The molecule has 28 heavy (non-hydrogen) atoms. The van der Waals surface area contributed by atoms with E-state index in [1.807, 2.05) is 36.6 Å². The SMILES string of the molecule is COC(=O)c1ccc(OCc2csc(CC(=O)Nc3ccc(C)cc3)n2)cc1. The number of methoxy groups -OCH3 is 1. The van der Waals surface area contributed by atoms with Crippen molar-refractivity contribution < 1.29 is 19.1 Å². The molecule has 0 spiro atoms. The minimum atomic E-state index is -0.389. The number of thiazole rings is 1. The van der Waals surface area contributed by atoms with Crippen molar-refractivity contribution in [3.8, 4) is 5.75 Å². The molecule has 0 radical (unpaired) electrons. The van der Waals surface area contributed by atoms with Crippen molar-refractivity contribution >= 4 is 28.9 Å². The van der Waals surface area contributed by atoms with Gasteiger partial charge in [-0.15, -0.1) is 11.3 Å². The van der Waals surface area contributed by atoms with Gasteiger partial charge in [0.25, 0.3) is 0 Å². The molecule has 0 bridgehead atoms. The summed E-state index contributed by atoms with van der Waals surface area (Å²) >= 11 is 1.42. The van der Waals surface area contributed by atoms with E-state index in [9.17, 15) is 9.59 Å². The van der Waals surface area contributed by atoms with Gasteiger partial charge in [-0.25, -0.2) is 9.78 Å². The van der Waals surface area contributed by atoms with Crippen LogP contribution in [0.2, 0.25) is 0 Å². The average Bonchev–Trinajstić information content (AvgIpc) is 3.15. The van der Waals surface area contributed by atoms with E-state index in [2.05, 4.69) is 15.0 Å². The molecule has 1 aromatic heterocycles. The zero-order valence-electron chi connectivity index (χ0n) is 15.6. The van der Waals surface area contributed by atoms with Crippen molar-refractivity contribution in [2.75, 3.05) is 12.4 Å². The van der Waals surface area contributed by atoms with Gasteiger partial charge in [0.05, 0.1) is 24.8 Å². The van der Waals surface area contributed by atoms with E-state index in [1.165, 1.54) is 18.4 Å². The van der Waals surface area contributed by atoms with Crippen molar-refractivity contribution in [2.45, 2.75) is 20.0 Å². The van der Waals surface area contributed by atoms with E-state index in [0.29, 0.717) is 11.3 Å². The topological polar surface area (TPSA) is 77.5 Å². The van der Waals surface area contributed by atoms with Crippen LogP contribution in [0.1, 0.15) is 26.6 Å². The summed E-state index contributed by atoms with van der Waals surface area (Å²) in [5.74, 6) is 0.128. The summed E-state index contributed by atoms with van der Waals surface area (Å²) in [6.07, 6.45) is 0.215. The number of nitrogens with one attached hydrogen (secondary N) is 1. The molecule has 3 rings (SSSR count). The number of amides is 1. The fraction of sp³-hybridized carbons (Fsp3) is 0.190. The smallest absolute Gasteiger partial charge is 0.337 e. The largest absolute Gasteiger partial charge is 0.487 e. The first-order valence-electron chi connectivity index (χ1n) is 8.64. The van der Waals surface area contributed by atoms with Gasteiger partial charge in [0, 0.05) is 11.1 Å². The fourth-order valence-corrected chi connectivity index (χ4v) is 3.22. The molecule has 1 heterocycles. The second-order valence-corrected chi connectivity index (χ2v) is 7.07. The van der Waals surface area contributed by atoms with Gasteiger partial charge in [0.2, 0.25) is 5.91 Å². The van der Waals surface area contributed by atoms with Crippen molar-refractivity contribution in [1.29, 1.82) is 0 Å². The van der Waals surface area contributed by atoms with Gasteiger partial charge in [0.1, 0.15) is 17.4 Å². The van der Waals surface area contributed by atoms with Gasteiger partial charge in [-0.3, -0.25) is 4.79 Å². The van der Waals surface area contributed by atoms with Crippen LogP contribution in [0.25, 0.3) is 0 Å². The molecule has 0 atom stereocenters. The summed E-state index contributed by atoms with van der Waals surface area (Å²) < 4.78 is 10.3. The lowest BCUT2D eigenvalue weighted by Gasteiger charge is -2.05. The van der Waals surface area contributed by atoms with Crippen LogP contribution in [0.3, 0.4) is 0 Å². The molecule has 3 aromatic rings. The van der Waals surface area contributed by atoms with Gasteiger partial charge < -0.3 is 14.8 Å². The Morgan fingerprint density at radius 1 is 1.07 bits per heavy atom. The van der Waals surface area contributed by atoms with E-state index < -0.39 is 0 Å². The van der Waals surface area contributed by atoms with Crippen LogP contribution < -0.4 is 10.1 Å². The maximum Gasteiger partial charge on any atom is 0.337 e. The molecule has 0 unspecified atom stereocenters. The number of aromatic nitrogens is 1. The minimum Gasteiger partial charge on any atom is -0.487 e. The molecule has 0 aliphatic carbocycles. The second-order valence-electron chi connectivity index (χ2n) is 6.13. The molecule has 0 aliphatic heterocycles. The predicted molar refractivity (Wildman–Crippen MR) is 108 cm³/mol. The number of aryl methyl sites for hydroxylation is 1. The molecule has 0 fully saturated rings. The van der Waals surface area contributed by atoms with E-state index >= 15 is 0 Å². The molecule has 0 aliphatic rings. The first-order valence-corrected chi connectivity index (χ1v) is 9.52. The minimum absolute atomic E-state index is 0.107. The lowest BCUT2D eigenvalue weighted by Crippen LogP contribution is -2.14. The summed E-state index contributed by atoms with van der Waals surface area (Å²) in [7, 11) is 1.34. The fourth-order valence-electron chi connectivity index (χ4n) is 2.44. The number of benzene rings is 2. The zero-order valence-corrected chi connectivity index (χ0v) is 16.4. The van der Waals surface area contributed by atoms with Crippen molar-refractivity contribution in [1.82, 2.24) is 4.98 Å². The molecule has 6 nitrogen and oxygen atoms in total. The Hall–Kier alpha value is -3.19. The Morgan fingerprint density at radius 3 is 2.46 bits per heavy atom. The number of ether oxygens (including phenoxy) is 2. The van der Waals surface area contributed by atoms with Gasteiger partial charge >= 0.3 is 5.97 Å². The highest BCUT2D eigenvalue weighted by Crippen LogP contribution is 2.17. The van der Waals surface area contributed by atoms with Crippen LogP contribution in [-0.2, 0) is 22.6 Å². The molecule has 0 saturated carbocycles. The Kier molecular flexibility index (Phi) is 6.39. The number of carbonyl (C=O) groups excluding carboxylic acids is 2. The van der Waals surface area contributed by atoms with Gasteiger partial charge in [-0.2, -0.15) is 0 Å². The molecule has 7 heteroatoms. The lowest BCUT2D eigenvalue weighted by molar-refractivity contribution is -0.115. The van der Waals surface area contributed by atoms with E-state index in [1.54, 1.807) is 24.3 Å². The standard InChI is InChI=1S/C21H20N2O4S/c1-14-3-7-16(8-4-14)22-19(24)11-20-23-17(13-28-20)12-27-18-9-5-15(6-10-18)21(25)26-2/h3-10,13H,11-12H2,1-2H3,(H,22,24). The summed E-state index contributed by atoms with van der Waals surface area (Å²) in [6.45, 7) is 2.28. The number of anilines is 1. The highest BCUT2D eigenvalue weighted by atomic mass is 32.1. The first kappa shape index (κ1) is 19.6. The van der Waals surface area contributed by atoms with E-state index in [-0.39, 0.29) is 24.9 Å². The summed E-state index contributed by atoms with van der Waals surface area (Å²) in [6, 6.07) is 14.3. The number of hydrogen-bond donors (Lipinski definition) is 1. The van der Waals surface area contributed by atoms with Crippen LogP contribution in [0, 0.1) is 6.92 Å². The number of nitrogens with zero attached hydrogens (tertiary/aromatic N) is 1. The number of esters is 1. The number of carbonyl (C=O) groups is 2. The van der Waals surface area contributed by atoms with Crippen LogP contribution in [-0.4, -0.2) is 24.0 Å². The summed E-state index contributed by atoms with van der Waals surface area (Å²) in [5, 5.41) is 5.46. The van der Waals surface area contributed by atoms with Crippen LogP contribution in [0.5, 0.6) is 5.75 Å². The Morgan fingerprint density at radius 2 is 1.79 bits per heavy atom. The van der Waals surface area contributed by atoms with Crippen molar-refractivity contribution in [3.05, 3.63) is 75.7 Å². The van der Waals surface area contributed by atoms with E-state index in [4.69, 9.17) is 4.74 Å². The molecular weight excluding hydrogens is 376 g/mol. The van der Waals surface area contributed by atoms with Crippen LogP contribution in [0.4, 0.5) is 5.69 Å². The Labute approximate surface area is 167 Å². The molecule has 1 amide bonds. The van der Waals surface area contributed by atoms with Crippen LogP contribution in [0.15, 0.2) is 53.9 Å². The maximum absolute atomic E-state index is 12.2. The normalized spacial score (nSPS) is 10.4. The van der Waals surface area contributed by atoms with E-state index in [0.717, 1.165) is 22.0 Å². The highest BCUT2D eigenvalue weighted by molar-refractivity contribution is 7.09. The first-order chi connectivity index (χ1) is 13.5. The Balaban J connectivity index is 1.50. The van der Waals surface area contributed by atoms with Crippen molar-refractivity contribution in [3.63, 3.8) is 0 Å². The summed E-state index contributed by atoms with van der Waals surface area (Å²) in [4.78, 5) is 28.0. The predicted octanol–water partition coefficient (Wildman–Crippen LogP) is 4.00. The lowest BCUT2D eigenvalue weighted by atomic mass is 10.2. The van der Waals surface area contributed by atoms with Gasteiger partial charge in [-0.05, 0) is 43.3 Å². The second kappa shape index (κ2) is 9.14. The molecule has 144 valence electrons. The number of rotatable bonds is 7. The quantitative estimate of drug-likeness (QED) is 0.611. The molecule has 0 saturated heterocycles. The number of hydrogen-bond acceptors (Lipinski definition) is 6. The van der Waals surface area contributed by atoms with Gasteiger partial charge in [0.15, 0.2) is 0 Å². The third-order valence-corrected chi connectivity index (χ3v) is 4.81. The zero-order chi connectivity index (χ0) is 19.9. The van der Waals surface area contributed by atoms with Crippen LogP contribution >= 0.6 is 11.3 Å². The molecule has 2 aromatic carbocycles. The molecular formula is C21H20N2O4S. The molecule has 1 N–H and O–H groups in total. The third-order valence-electron chi connectivity index (χ3n) is 3.91. The Bertz CT molecular complexity index is 949. The highest BCUT2D eigenvalue weighted by Gasteiger charge is 2.10. The van der Waals surface area contributed by atoms with Crippen molar-refractivity contribution in [2.24, 2.45) is 0 Å². The third kappa shape index (κ3) is 5.40. The average molecular weight is 396 g/mol. The summed E-state index contributed by atoms with van der Waals surface area (Å²) in [5.41, 5.74) is 3.12. The monoisotopic (exact) mass is 396 g/mol. The maximum atomic E-state index is 12.2.